The number of aliphatic imine (C=N–C) groups is 1. The zero-order valence-corrected chi connectivity index (χ0v) is 17.5. The molecule has 160 valence electrons. The van der Waals surface area contributed by atoms with Crippen molar-refractivity contribution in [3.63, 3.8) is 0 Å². The van der Waals surface area contributed by atoms with Gasteiger partial charge in [-0.2, -0.15) is 0 Å². The minimum Gasteiger partial charge on any atom is -0.497 e. The molecule has 4 rings (SSSR count). The molecule has 1 unspecified atom stereocenters. The van der Waals surface area contributed by atoms with E-state index in [0.717, 1.165) is 48.1 Å². The van der Waals surface area contributed by atoms with Gasteiger partial charge in [-0.1, -0.05) is 12.1 Å². The highest BCUT2D eigenvalue weighted by molar-refractivity contribution is 5.80. The number of rotatable bonds is 5. The van der Waals surface area contributed by atoms with Gasteiger partial charge in [0.1, 0.15) is 17.3 Å². The molecule has 2 heterocycles. The van der Waals surface area contributed by atoms with Gasteiger partial charge in [0, 0.05) is 38.2 Å². The van der Waals surface area contributed by atoms with E-state index in [2.05, 4.69) is 27.3 Å². The third-order valence-electron chi connectivity index (χ3n) is 5.72. The fourth-order valence-corrected chi connectivity index (χ4v) is 4.18. The van der Waals surface area contributed by atoms with Crippen molar-refractivity contribution >= 4 is 5.96 Å². The van der Waals surface area contributed by atoms with Gasteiger partial charge in [-0.25, -0.2) is 4.39 Å². The van der Waals surface area contributed by atoms with Crippen LogP contribution in [-0.2, 0) is 17.8 Å². The predicted octanol–water partition coefficient (Wildman–Crippen LogP) is 3.31. The van der Waals surface area contributed by atoms with E-state index in [1.54, 1.807) is 20.2 Å². The number of guanidine groups is 1. The molecule has 1 atom stereocenters. The molecule has 30 heavy (non-hydrogen) atoms. The topological polar surface area (TPSA) is 55.3 Å². The summed E-state index contributed by atoms with van der Waals surface area (Å²) in [6, 6.07) is 11.3. The van der Waals surface area contributed by atoms with E-state index in [-0.39, 0.29) is 12.6 Å². The van der Waals surface area contributed by atoms with Crippen molar-refractivity contribution < 1.29 is 18.6 Å². The molecular weight excluding hydrogens is 385 g/mol. The van der Waals surface area contributed by atoms with E-state index in [4.69, 9.17) is 14.2 Å². The summed E-state index contributed by atoms with van der Waals surface area (Å²) >= 11 is 0. The zero-order valence-electron chi connectivity index (χ0n) is 17.5. The molecule has 2 aliphatic heterocycles. The Kier molecular flexibility index (Phi) is 6.38. The first-order chi connectivity index (χ1) is 14.7. The Balaban J connectivity index is 1.34. The van der Waals surface area contributed by atoms with Crippen molar-refractivity contribution in [2.24, 2.45) is 4.99 Å². The Morgan fingerprint density at radius 3 is 2.90 bits per heavy atom. The molecular formula is C23H28FN3O3. The van der Waals surface area contributed by atoms with Crippen LogP contribution in [0.15, 0.2) is 41.4 Å². The minimum absolute atomic E-state index is 0.210. The van der Waals surface area contributed by atoms with Gasteiger partial charge < -0.3 is 24.4 Å². The van der Waals surface area contributed by atoms with Crippen LogP contribution in [0.1, 0.15) is 29.0 Å². The number of hydrogen-bond donors (Lipinski definition) is 1. The molecule has 0 saturated carbocycles. The number of hydrogen-bond acceptors (Lipinski definition) is 4. The summed E-state index contributed by atoms with van der Waals surface area (Å²) in [5.41, 5.74) is 2.94. The van der Waals surface area contributed by atoms with E-state index < -0.39 is 0 Å². The number of ether oxygens (including phenoxy) is 3. The Bertz CT molecular complexity index is 901. The number of benzene rings is 2. The number of halogens is 1. The zero-order chi connectivity index (χ0) is 20.9. The summed E-state index contributed by atoms with van der Waals surface area (Å²) < 4.78 is 30.0. The highest BCUT2D eigenvalue weighted by Gasteiger charge is 2.26. The SMILES string of the molecule is CN=C(NCCc1cc(F)cc2c1OCOC2)N1CCC(c2ccc(OC)cc2)C1. The third kappa shape index (κ3) is 4.51. The predicted molar refractivity (Wildman–Crippen MR) is 114 cm³/mol. The van der Waals surface area contributed by atoms with E-state index >= 15 is 0 Å². The monoisotopic (exact) mass is 413 g/mol. The summed E-state index contributed by atoms with van der Waals surface area (Å²) in [6.07, 6.45) is 1.73. The van der Waals surface area contributed by atoms with Gasteiger partial charge in [-0.05, 0) is 48.2 Å². The molecule has 6 nitrogen and oxygen atoms in total. The molecule has 1 saturated heterocycles. The number of methoxy groups -OCH3 is 1. The van der Waals surface area contributed by atoms with Gasteiger partial charge in [-0.3, -0.25) is 4.99 Å². The maximum atomic E-state index is 13.9. The van der Waals surface area contributed by atoms with Crippen molar-refractivity contribution in [2.45, 2.75) is 25.4 Å². The minimum atomic E-state index is -0.260. The molecule has 1 N–H and O–H groups in total. The standard InChI is InChI=1S/C23H28FN3O3/c1-25-23(27-10-8-18(13-27)16-3-5-21(28-2)6-4-16)26-9-7-17-11-20(24)12-19-14-29-15-30-22(17)19/h3-6,11-12,18H,7-10,13-15H2,1-2H3,(H,25,26). The molecule has 1 fully saturated rings. The van der Waals surface area contributed by atoms with E-state index in [0.29, 0.717) is 25.5 Å². The molecule has 2 aromatic carbocycles. The van der Waals surface area contributed by atoms with Crippen LogP contribution >= 0.6 is 0 Å². The van der Waals surface area contributed by atoms with Crippen molar-refractivity contribution in [1.82, 2.24) is 10.2 Å². The summed E-state index contributed by atoms with van der Waals surface area (Å²) in [4.78, 5) is 6.73. The molecule has 2 aliphatic rings. The van der Waals surface area contributed by atoms with Gasteiger partial charge in [0.05, 0.1) is 13.7 Å². The van der Waals surface area contributed by atoms with Gasteiger partial charge in [0.2, 0.25) is 0 Å². The molecule has 0 aliphatic carbocycles. The van der Waals surface area contributed by atoms with Crippen LogP contribution in [0.25, 0.3) is 0 Å². The van der Waals surface area contributed by atoms with Gasteiger partial charge >= 0.3 is 0 Å². The first kappa shape index (κ1) is 20.5. The number of likely N-dealkylation sites (tertiary alicyclic amines) is 1. The lowest BCUT2D eigenvalue weighted by Gasteiger charge is -2.23. The first-order valence-electron chi connectivity index (χ1n) is 10.3. The molecule has 0 bridgehead atoms. The van der Waals surface area contributed by atoms with Crippen LogP contribution in [0.2, 0.25) is 0 Å². The third-order valence-corrected chi connectivity index (χ3v) is 5.72. The first-order valence-corrected chi connectivity index (χ1v) is 10.3. The lowest BCUT2D eigenvalue weighted by molar-refractivity contribution is -0.0172. The molecule has 2 aromatic rings. The Morgan fingerprint density at radius 1 is 1.30 bits per heavy atom. The Hall–Kier alpha value is -2.80. The summed E-state index contributed by atoms with van der Waals surface area (Å²) in [5, 5.41) is 3.42. The molecule has 0 aromatic heterocycles. The van der Waals surface area contributed by atoms with Crippen LogP contribution in [0, 0.1) is 5.82 Å². The second-order valence-corrected chi connectivity index (χ2v) is 7.59. The van der Waals surface area contributed by atoms with Crippen LogP contribution < -0.4 is 14.8 Å². The van der Waals surface area contributed by atoms with E-state index in [9.17, 15) is 4.39 Å². The number of fused-ring (bicyclic) bond motifs is 1. The van der Waals surface area contributed by atoms with Crippen molar-refractivity contribution in [1.29, 1.82) is 0 Å². The Labute approximate surface area is 176 Å². The quantitative estimate of drug-likeness (QED) is 0.602. The lowest BCUT2D eigenvalue weighted by atomic mass is 9.98. The highest BCUT2D eigenvalue weighted by atomic mass is 19.1. The molecule has 7 heteroatoms. The lowest BCUT2D eigenvalue weighted by Crippen LogP contribution is -2.40. The summed E-state index contributed by atoms with van der Waals surface area (Å²) in [5.74, 6) is 2.71. The summed E-state index contributed by atoms with van der Waals surface area (Å²) in [6.45, 7) is 3.11. The maximum absolute atomic E-state index is 13.9. The van der Waals surface area contributed by atoms with Gasteiger partial charge in [0.15, 0.2) is 12.8 Å². The summed E-state index contributed by atoms with van der Waals surface area (Å²) in [7, 11) is 3.48. The van der Waals surface area contributed by atoms with Crippen molar-refractivity contribution in [3.8, 4) is 11.5 Å². The Morgan fingerprint density at radius 2 is 2.13 bits per heavy atom. The van der Waals surface area contributed by atoms with Crippen molar-refractivity contribution in [3.05, 3.63) is 58.9 Å². The molecule has 0 amide bonds. The average molecular weight is 413 g/mol. The van der Waals surface area contributed by atoms with Crippen molar-refractivity contribution in [2.75, 3.05) is 40.6 Å². The van der Waals surface area contributed by atoms with Crippen LogP contribution in [0.5, 0.6) is 11.5 Å². The van der Waals surface area contributed by atoms with Crippen LogP contribution in [0.3, 0.4) is 0 Å². The van der Waals surface area contributed by atoms with Crippen LogP contribution in [0.4, 0.5) is 4.39 Å². The molecule has 0 radical (unpaired) electrons. The molecule has 0 spiro atoms. The average Bonchev–Trinajstić information content (AvgIpc) is 3.26. The normalized spacial score (nSPS) is 18.7. The number of nitrogens with one attached hydrogen (secondary N) is 1. The van der Waals surface area contributed by atoms with Gasteiger partial charge in [0.25, 0.3) is 0 Å². The van der Waals surface area contributed by atoms with E-state index in [1.807, 2.05) is 12.1 Å². The fourth-order valence-electron chi connectivity index (χ4n) is 4.18. The highest BCUT2D eigenvalue weighted by Crippen LogP contribution is 2.30. The number of nitrogens with zero attached hydrogens (tertiary/aromatic N) is 2. The second kappa shape index (κ2) is 9.34. The van der Waals surface area contributed by atoms with Gasteiger partial charge in [-0.15, -0.1) is 0 Å². The smallest absolute Gasteiger partial charge is 0.193 e. The largest absolute Gasteiger partial charge is 0.497 e. The fraction of sp³-hybridized carbons (Fsp3) is 0.435. The maximum Gasteiger partial charge on any atom is 0.193 e. The second-order valence-electron chi connectivity index (χ2n) is 7.59. The van der Waals surface area contributed by atoms with Crippen LogP contribution in [-0.4, -0.2) is 51.4 Å². The van der Waals surface area contributed by atoms with E-state index in [1.165, 1.54) is 11.6 Å².